The molecule has 4 rings (SSSR count). The number of ether oxygens (including phenoxy) is 1. The Morgan fingerprint density at radius 2 is 1.96 bits per heavy atom. The smallest absolute Gasteiger partial charge is 0.231 e. The number of nitrogens with two attached hydrogens (primary N) is 1. The van der Waals surface area contributed by atoms with Crippen molar-refractivity contribution in [2.75, 3.05) is 17.7 Å². The number of aliphatic hydroxyl groups is 3. The lowest BCUT2D eigenvalue weighted by atomic mass is 10.1. The third-order valence-electron chi connectivity index (χ3n) is 4.42. The van der Waals surface area contributed by atoms with Crippen LogP contribution in [0.15, 0.2) is 24.5 Å². The van der Waals surface area contributed by atoms with Crippen LogP contribution >= 0.6 is 23.2 Å². The van der Waals surface area contributed by atoms with Gasteiger partial charge >= 0.3 is 0 Å². The summed E-state index contributed by atoms with van der Waals surface area (Å²) in [5, 5.41) is 33.3. The van der Waals surface area contributed by atoms with E-state index >= 15 is 0 Å². The third kappa shape index (κ3) is 3.24. The number of nitrogen functional groups attached to an aromatic ring is 1. The van der Waals surface area contributed by atoms with Crippen LogP contribution in [0.25, 0.3) is 11.2 Å². The first-order valence-corrected chi connectivity index (χ1v) is 8.99. The van der Waals surface area contributed by atoms with E-state index < -0.39 is 31.1 Å². The number of anilines is 3. The topological polar surface area (TPSA) is 152 Å². The molecule has 1 fully saturated rings. The van der Waals surface area contributed by atoms with E-state index in [2.05, 4.69) is 20.3 Å². The summed E-state index contributed by atoms with van der Waals surface area (Å²) in [5.74, 6) is 0.273. The fourth-order valence-corrected chi connectivity index (χ4v) is 3.29. The summed E-state index contributed by atoms with van der Waals surface area (Å²) in [4.78, 5) is 12.7. The van der Waals surface area contributed by atoms with Crippen molar-refractivity contribution in [1.82, 2.24) is 19.5 Å². The van der Waals surface area contributed by atoms with Crippen LogP contribution in [0.4, 0.5) is 17.5 Å². The molecule has 1 aliphatic heterocycles. The molecular formula is C16H16Cl2N6O4. The first-order chi connectivity index (χ1) is 13.4. The number of nitrogens with zero attached hydrogens (tertiary/aromatic N) is 4. The van der Waals surface area contributed by atoms with Crippen molar-refractivity contribution in [2.45, 2.75) is 24.5 Å². The molecule has 3 aromatic rings. The molecule has 28 heavy (non-hydrogen) atoms. The summed E-state index contributed by atoms with van der Waals surface area (Å²) in [5.41, 5.74) is 7.16. The Bertz CT molecular complexity index is 1030. The Morgan fingerprint density at radius 3 is 2.64 bits per heavy atom. The molecule has 4 atom stereocenters. The highest BCUT2D eigenvalue weighted by Gasteiger charge is 2.44. The highest BCUT2D eigenvalue weighted by atomic mass is 35.5. The van der Waals surface area contributed by atoms with E-state index in [0.717, 1.165) is 0 Å². The van der Waals surface area contributed by atoms with Gasteiger partial charge in [0.25, 0.3) is 0 Å². The zero-order valence-electron chi connectivity index (χ0n) is 14.2. The van der Waals surface area contributed by atoms with Crippen molar-refractivity contribution >= 4 is 51.8 Å². The average molecular weight is 427 g/mol. The van der Waals surface area contributed by atoms with Crippen molar-refractivity contribution in [1.29, 1.82) is 0 Å². The molecule has 0 amide bonds. The molecule has 1 aliphatic rings. The number of imidazole rings is 1. The van der Waals surface area contributed by atoms with Crippen molar-refractivity contribution in [3.05, 3.63) is 34.6 Å². The number of halogens is 2. The lowest BCUT2D eigenvalue weighted by Crippen LogP contribution is -2.33. The predicted molar refractivity (Wildman–Crippen MR) is 102 cm³/mol. The summed E-state index contributed by atoms with van der Waals surface area (Å²) in [6.45, 7) is -0.442. The number of hydrogen-bond donors (Lipinski definition) is 5. The van der Waals surface area contributed by atoms with E-state index in [0.29, 0.717) is 21.2 Å². The molecule has 12 heteroatoms. The Labute approximate surface area is 168 Å². The number of fused-ring (bicyclic) bond motifs is 1. The standard InChI is InChI=1S/C16H16Cl2N6O4/c17-7-2-1-6(3-8(7)18)21-16-22-13(19)10-14(23-16)24(5-20-10)15-12(27)11(26)9(4-25)28-15/h1-3,5,9,11-12,15,25-27H,4H2,(H3,19,21,22,23)/t9-,11-,12-,15-/m1/s1. The van der Waals surface area contributed by atoms with E-state index in [1.165, 1.54) is 10.9 Å². The third-order valence-corrected chi connectivity index (χ3v) is 5.15. The second-order valence-corrected chi connectivity index (χ2v) is 7.05. The van der Waals surface area contributed by atoms with Crippen LogP contribution in [0, 0.1) is 0 Å². The zero-order valence-corrected chi connectivity index (χ0v) is 15.7. The Morgan fingerprint density at radius 1 is 1.18 bits per heavy atom. The van der Waals surface area contributed by atoms with Crippen LogP contribution in [0.5, 0.6) is 0 Å². The Hall–Kier alpha value is -2.21. The number of hydrogen-bond acceptors (Lipinski definition) is 9. The second kappa shape index (κ2) is 7.32. The Kier molecular flexibility index (Phi) is 5.00. The second-order valence-electron chi connectivity index (χ2n) is 6.24. The minimum absolute atomic E-state index is 0.109. The molecule has 0 aliphatic carbocycles. The molecule has 1 aromatic carbocycles. The number of nitrogens with one attached hydrogen (secondary N) is 1. The van der Waals surface area contributed by atoms with Gasteiger partial charge in [-0.2, -0.15) is 9.97 Å². The van der Waals surface area contributed by atoms with Crippen molar-refractivity contribution in [2.24, 2.45) is 0 Å². The quantitative estimate of drug-likeness (QED) is 0.412. The average Bonchev–Trinajstić information content (AvgIpc) is 3.20. The molecule has 0 saturated carbocycles. The lowest BCUT2D eigenvalue weighted by Gasteiger charge is -2.17. The van der Waals surface area contributed by atoms with Gasteiger partial charge in [-0.1, -0.05) is 23.2 Å². The molecule has 0 radical (unpaired) electrons. The molecule has 6 N–H and O–H groups in total. The molecule has 3 heterocycles. The van der Waals surface area contributed by atoms with Crippen molar-refractivity contribution in [3.63, 3.8) is 0 Å². The van der Waals surface area contributed by atoms with Crippen molar-refractivity contribution in [3.8, 4) is 0 Å². The van der Waals surface area contributed by atoms with Gasteiger partial charge in [0.2, 0.25) is 5.95 Å². The molecule has 10 nitrogen and oxygen atoms in total. The number of aromatic nitrogens is 4. The molecule has 0 spiro atoms. The normalized spacial score (nSPS) is 24.8. The summed E-state index contributed by atoms with van der Waals surface area (Å²) in [7, 11) is 0. The van der Waals surface area contributed by atoms with Crippen molar-refractivity contribution < 1.29 is 20.1 Å². The van der Waals surface area contributed by atoms with Crippen LogP contribution in [0.2, 0.25) is 10.0 Å². The Balaban J connectivity index is 1.71. The lowest BCUT2D eigenvalue weighted by molar-refractivity contribution is -0.0511. The van der Waals surface area contributed by atoms with E-state index in [-0.39, 0.29) is 17.4 Å². The summed E-state index contributed by atoms with van der Waals surface area (Å²) < 4.78 is 6.96. The highest BCUT2D eigenvalue weighted by molar-refractivity contribution is 6.42. The molecule has 0 unspecified atom stereocenters. The van der Waals surface area contributed by atoms with Gasteiger partial charge in [-0.15, -0.1) is 0 Å². The van der Waals surface area contributed by atoms with Gasteiger partial charge in [0.1, 0.15) is 23.8 Å². The predicted octanol–water partition coefficient (Wildman–Crippen LogP) is 1.07. The van der Waals surface area contributed by atoms with Gasteiger partial charge in [0.15, 0.2) is 17.7 Å². The van der Waals surface area contributed by atoms with E-state index in [1.54, 1.807) is 18.2 Å². The molecular weight excluding hydrogens is 411 g/mol. The van der Waals surface area contributed by atoms with Gasteiger partial charge in [-0.25, -0.2) is 4.98 Å². The van der Waals surface area contributed by atoms with Crippen LogP contribution in [-0.4, -0.2) is 59.8 Å². The van der Waals surface area contributed by atoms with E-state index in [4.69, 9.17) is 33.7 Å². The molecule has 2 aromatic heterocycles. The van der Waals surface area contributed by atoms with Crippen LogP contribution in [-0.2, 0) is 4.74 Å². The van der Waals surface area contributed by atoms with Gasteiger partial charge < -0.3 is 31.1 Å². The molecule has 148 valence electrons. The number of aliphatic hydroxyl groups excluding tert-OH is 3. The SMILES string of the molecule is Nc1nc(Nc2ccc(Cl)c(Cl)c2)nc2c1ncn2[C@@H]1O[C@H](CO)[C@@H](O)[C@H]1O. The molecule has 0 bridgehead atoms. The minimum atomic E-state index is -1.28. The van der Waals surface area contributed by atoms with E-state index in [9.17, 15) is 15.3 Å². The van der Waals surface area contributed by atoms with Crippen LogP contribution in [0.1, 0.15) is 6.23 Å². The summed E-state index contributed by atoms with van der Waals surface area (Å²) in [6.07, 6.45) is -3.08. The molecule has 1 saturated heterocycles. The summed E-state index contributed by atoms with van der Waals surface area (Å²) >= 11 is 11.9. The minimum Gasteiger partial charge on any atom is -0.394 e. The number of benzene rings is 1. The fraction of sp³-hybridized carbons (Fsp3) is 0.312. The highest BCUT2D eigenvalue weighted by Crippen LogP contribution is 2.33. The van der Waals surface area contributed by atoms with Crippen LogP contribution in [0.3, 0.4) is 0 Å². The van der Waals surface area contributed by atoms with Gasteiger partial charge in [-0.05, 0) is 18.2 Å². The first-order valence-electron chi connectivity index (χ1n) is 8.23. The van der Waals surface area contributed by atoms with Gasteiger partial charge in [-0.3, -0.25) is 4.57 Å². The van der Waals surface area contributed by atoms with Gasteiger partial charge in [0.05, 0.1) is 23.0 Å². The largest absolute Gasteiger partial charge is 0.394 e. The van der Waals surface area contributed by atoms with E-state index in [1.807, 2.05) is 0 Å². The zero-order chi connectivity index (χ0) is 20.0. The van der Waals surface area contributed by atoms with Gasteiger partial charge in [0, 0.05) is 5.69 Å². The maximum Gasteiger partial charge on any atom is 0.231 e. The fourth-order valence-electron chi connectivity index (χ4n) is 2.99. The van der Waals surface area contributed by atoms with Crippen LogP contribution < -0.4 is 11.1 Å². The first kappa shape index (κ1) is 19.1. The maximum absolute atomic E-state index is 10.3. The number of rotatable bonds is 4. The monoisotopic (exact) mass is 426 g/mol. The maximum atomic E-state index is 10.3. The summed E-state index contributed by atoms with van der Waals surface area (Å²) in [6, 6.07) is 4.93.